The van der Waals surface area contributed by atoms with E-state index in [0.29, 0.717) is 22.1 Å². The maximum atomic E-state index is 13.2. The summed E-state index contributed by atoms with van der Waals surface area (Å²) in [6.45, 7) is 1.45. The molecule has 3 amide bonds. The first-order chi connectivity index (χ1) is 15.5. The molecule has 160 valence electrons. The van der Waals surface area contributed by atoms with Gasteiger partial charge in [-0.1, -0.05) is 35.6 Å². The molecule has 0 saturated heterocycles. The van der Waals surface area contributed by atoms with Crippen LogP contribution >= 0.6 is 11.3 Å². The molecule has 3 aromatic carbocycles. The van der Waals surface area contributed by atoms with Gasteiger partial charge >= 0.3 is 0 Å². The third kappa shape index (κ3) is 4.17. The molecule has 0 radical (unpaired) electrons. The minimum Gasteiger partial charge on any atom is -0.326 e. The lowest BCUT2D eigenvalue weighted by atomic mass is 10.0. The standard InChI is InChI=1S/C24H20N4O3S/c1-13(29)25-17-8-9-19-21(12-17)32-24(27-19)28-23(31)18-10-15-4-2-3-5-16(15)11-20(18)26-22(30)14-6-7-14/h2-5,8-12,14H,6-7H2,1H3,(H,25,29)(H,26,30)(H,27,28,31). The minimum absolute atomic E-state index is 0.0273. The van der Waals surface area contributed by atoms with E-state index in [1.807, 2.05) is 36.4 Å². The second-order valence-electron chi connectivity index (χ2n) is 7.85. The van der Waals surface area contributed by atoms with Gasteiger partial charge in [0.25, 0.3) is 5.91 Å². The lowest BCUT2D eigenvalue weighted by molar-refractivity contribution is -0.117. The first-order valence-corrected chi connectivity index (χ1v) is 11.1. The van der Waals surface area contributed by atoms with Gasteiger partial charge in [0.1, 0.15) is 0 Å². The van der Waals surface area contributed by atoms with Gasteiger partial charge in [0.2, 0.25) is 11.8 Å². The molecule has 1 saturated carbocycles. The predicted octanol–water partition coefficient (Wildman–Crippen LogP) is 5.01. The number of amides is 3. The van der Waals surface area contributed by atoms with Crippen LogP contribution in [0.3, 0.4) is 0 Å². The van der Waals surface area contributed by atoms with Gasteiger partial charge in [-0.05, 0) is 53.9 Å². The quantitative estimate of drug-likeness (QED) is 0.403. The summed E-state index contributed by atoms with van der Waals surface area (Å²) in [5.74, 6) is -0.526. The lowest BCUT2D eigenvalue weighted by Crippen LogP contribution is -2.19. The highest BCUT2D eigenvalue weighted by Crippen LogP contribution is 2.33. The average molecular weight is 445 g/mol. The number of hydrogen-bond acceptors (Lipinski definition) is 5. The van der Waals surface area contributed by atoms with Gasteiger partial charge < -0.3 is 10.6 Å². The Morgan fingerprint density at radius 2 is 1.69 bits per heavy atom. The van der Waals surface area contributed by atoms with Crippen molar-refractivity contribution in [3.63, 3.8) is 0 Å². The summed E-state index contributed by atoms with van der Waals surface area (Å²) >= 11 is 1.32. The number of anilines is 3. The van der Waals surface area contributed by atoms with E-state index in [1.165, 1.54) is 18.3 Å². The first-order valence-electron chi connectivity index (χ1n) is 10.3. The van der Waals surface area contributed by atoms with Crippen LogP contribution < -0.4 is 16.0 Å². The van der Waals surface area contributed by atoms with Crippen molar-refractivity contribution in [3.8, 4) is 0 Å². The number of fused-ring (bicyclic) bond motifs is 2. The summed E-state index contributed by atoms with van der Waals surface area (Å²) in [4.78, 5) is 41.3. The van der Waals surface area contributed by atoms with E-state index in [-0.39, 0.29) is 23.6 Å². The van der Waals surface area contributed by atoms with Crippen LogP contribution in [0.2, 0.25) is 0 Å². The number of nitrogens with one attached hydrogen (secondary N) is 3. The van der Waals surface area contributed by atoms with Crippen LogP contribution in [0.5, 0.6) is 0 Å². The number of nitrogens with zero attached hydrogens (tertiary/aromatic N) is 1. The molecule has 8 heteroatoms. The van der Waals surface area contributed by atoms with Crippen molar-refractivity contribution in [2.24, 2.45) is 5.92 Å². The molecule has 4 aromatic rings. The first kappa shape index (κ1) is 20.1. The fourth-order valence-electron chi connectivity index (χ4n) is 3.54. The summed E-state index contributed by atoms with van der Waals surface area (Å²) in [6, 6.07) is 16.7. The van der Waals surface area contributed by atoms with E-state index in [9.17, 15) is 14.4 Å². The Balaban J connectivity index is 1.45. The number of thiazole rings is 1. The highest BCUT2D eigenvalue weighted by atomic mass is 32.1. The van der Waals surface area contributed by atoms with E-state index in [2.05, 4.69) is 20.9 Å². The smallest absolute Gasteiger partial charge is 0.259 e. The lowest BCUT2D eigenvalue weighted by Gasteiger charge is -2.12. The third-order valence-electron chi connectivity index (χ3n) is 5.27. The van der Waals surface area contributed by atoms with Crippen molar-refractivity contribution in [1.82, 2.24) is 4.98 Å². The Hall–Kier alpha value is -3.78. The predicted molar refractivity (Wildman–Crippen MR) is 127 cm³/mol. The fourth-order valence-corrected chi connectivity index (χ4v) is 4.44. The molecule has 1 aliphatic rings. The number of rotatable bonds is 5. The summed E-state index contributed by atoms with van der Waals surface area (Å²) in [5, 5.41) is 10.8. The topological polar surface area (TPSA) is 100 Å². The van der Waals surface area contributed by atoms with Gasteiger partial charge in [-0.15, -0.1) is 0 Å². The second kappa shape index (κ2) is 8.05. The molecule has 0 aliphatic heterocycles. The number of carbonyl (C=O) groups excluding carboxylic acids is 3. The molecule has 32 heavy (non-hydrogen) atoms. The summed E-state index contributed by atoms with van der Waals surface area (Å²) in [7, 11) is 0. The van der Waals surface area contributed by atoms with Crippen molar-refractivity contribution < 1.29 is 14.4 Å². The molecule has 7 nitrogen and oxygen atoms in total. The Kier molecular flexibility index (Phi) is 5.07. The molecule has 3 N–H and O–H groups in total. The van der Waals surface area contributed by atoms with Gasteiger partial charge in [-0.3, -0.25) is 19.7 Å². The van der Waals surface area contributed by atoms with E-state index in [0.717, 1.165) is 33.8 Å². The normalized spacial score (nSPS) is 13.2. The van der Waals surface area contributed by atoms with Gasteiger partial charge in [-0.2, -0.15) is 0 Å². The van der Waals surface area contributed by atoms with Crippen LogP contribution in [0.25, 0.3) is 21.0 Å². The maximum absolute atomic E-state index is 13.2. The van der Waals surface area contributed by atoms with Crippen molar-refractivity contribution in [2.75, 3.05) is 16.0 Å². The molecule has 1 aliphatic carbocycles. The van der Waals surface area contributed by atoms with E-state index >= 15 is 0 Å². The van der Waals surface area contributed by atoms with Crippen LogP contribution in [0.4, 0.5) is 16.5 Å². The Labute approximate surface area is 187 Å². The molecule has 0 bridgehead atoms. The van der Waals surface area contributed by atoms with Crippen LogP contribution in [0.15, 0.2) is 54.6 Å². The van der Waals surface area contributed by atoms with E-state index < -0.39 is 0 Å². The zero-order chi connectivity index (χ0) is 22.2. The maximum Gasteiger partial charge on any atom is 0.259 e. The van der Waals surface area contributed by atoms with Crippen LogP contribution in [-0.2, 0) is 9.59 Å². The van der Waals surface area contributed by atoms with Crippen LogP contribution in [0.1, 0.15) is 30.1 Å². The largest absolute Gasteiger partial charge is 0.326 e. The molecule has 5 rings (SSSR count). The van der Waals surface area contributed by atoms with Gasteiger partial charge in [-0.25, -0.2) is 4.98 Å². The summed E-state index contributed by atoms with van der Waals surface area (Å²) in [6.07, 6.45) is 1.76. The molecule has 0 spiro atoms. The van der Waals surface area contributed by atoms with Crippen LogP contribution in [0, 0.1) is 5.92 Å². The highest BCUT2D eigenvalue weighted by molar-refractivity contribution is 7.22. The number of hydrogen-bond donors (Lipinski definition) is 3. The number of carbonyl (C=O) groups is 3. The van der Waals surface area contributed by atoms with Crippen molar-refractivity contribution in [1.29, 1.82) is 0 Å². The zero-order valence-corrected chi connectivity index (χ0v) is 18.1. The third-order valence-corrected chi connectivity index (χ3v) is 6.20. The second-order valence-corrected chi connectivity index (χ2v) is 8.88. The van der Waals surface area contributed by atoms with E-state index in [1.54, 1.807) is 18.2 Å². The number of benzene rings is 3. The fraction of sp³-hybridized carbons (Fsp3) is 0.167. The molecule has 1 aromatic heterocycles. The van der Waals surface area contributed by atoms with Gasteiger partial charge in [0, 0.05) is 18.5 Å². The SMILES string of the molecule is CC(=O)Nc1ccc2nc(NC(=O)c3cc4ccccc4cc3NC(=O)C3CC3)sc2c1. The average Bonchev–Trinajstić information content (AvgIpc) is 3.53. The van der Waals surface area contributed by atoms with Crippen molar-refractivity contribution in [3.05, 3.63) is 60.2 Å². The Morgan fingerprint density at radius 3 is 2.41 bits per heavy atom. The van der Waals surface area contributed by atoms with Crippen molar-refractivity contribution >= 4 is 66.6 Å². The van der Waals surface area contributed by atoms with Gasteiger partial charge in [0.15, 0.2) is 5.13 Å². The summed E-state index contributed by atoms with van der Waals surface area (Å²) in [5.41, 5.74) is 2.27. The Bertz CT molecular complexity index is 1390. The number of aromatic nitrogens is 1. The molecular formula is C24H20N4O3S. The van der Waals surface area contributed by atoms with Crippen molar-refractivity contribution in [2.45, 2.75) is 19.8 Å². The van der Waals surface area contributed by atoms with Gasteiger partial charge in [0.05, 0.1) is 21.5 Å². The monoisotopic (exact) mass is 444 g/mol. The minimum atomic E-state index is -0.344. The zero-order valence-electron chi connectivity index (χ0n) is 17.3. The highest BCUT2D eigenvalue weighted by Gasteiger charge is 2.30. The molecular weight excluding hydrogens is 424 g/mol. The molecule has 0 unspecified atom stereocenters. The molecule has 1 heterocycles. The summed E-state index contributed by atoms with van der Waals surface area (Å²) < 4.78 is 0.840. The van der Waals surface area contributed by atoms with Crippen LogP contribution in [-0.4, -0.2) is 22.7 Å². The molecule has 0 atom stereocenters. The molecule has 1 fully saturated rings. The van der Waals surface area contributed by atoms with E-state index in [4.69, 9.17) is 0 Å². The Morgan fingerprint density at radius 1 is 0.938 bits per heavy atom.